The molecule has 2 heteroatoms. The molecule has 0 bridgehead atoms. The maximum atomic E-state index is 3.60. The maximum absolute atomic E-state index is 3.60. The molecule has 3 rings (SSSR count). The second kappa shape index (κ2) is 6.00. The number of rotatable bonds is 3. The highest BCUT2D eigenvalue weighted by atomic mass is 79.9. The van der Waals surface area contributed by atoms with E-state index in [1.807, 2.05) is 7.05 Å². The van der Waals surface area contributed by atoms with E-state index < -0.39 is 0 Å². The van der Waals surface area contributed by atoms with Gasteiger partial charge in [0.05, 0.1) is 6.04 Å². The Morgan fingerprint density at radius 2 is 1.62 bits per heavy atom. The molecule has 1 atom stereocenters. The molecule has 0 saturated heterocycles. The molecular weight excluding hydrogens is 322 g/mol. The lowest BCUT2D eigenvalue weighted by atomic mass is 9.95. The molecule has 0 aliphatic carbocycles. The molecule has 0 aliphatic heterocycles. The standard InChI is InChI=1S/C19H18BrN/c1-13-9-17(12-18(20)10-13)19(21-2)16-8-7-14-5-3-4-6-15(14)11-16/h3-12,19,21H,1-2H3. The Hall–Kier alpha value is -1.64. The van der Waals surface area contributed by atoms with E-state index in [1.165, 1.54) is 27.5 Å². The molecule has 1 unspecified atom stereocenters. The third kappa shape index (κ3) is 3.02. The number of hydrogen-bond acceptors (Lipinski definition) is 1. The minimum atomic E-state index is 0.200. The van der Waals surface area contributed by atoms with E-state index >= 15 is 0 Å². The van der Waals surface area contributed by atoms with Crippen molar-refractivity contribution in [1.29, 1.82) is 0 Å². The summed E-state index contributed by atoms with van der Waals surface area (Å²) in [4.78, 5) is 0. The van der Waals surface area contributed by atoms with E-state index in [2.05, 4.69) is 88.8 Å². The van der Waals surface area contributed by atoms with Crippen molar-refractivity contribution >= 4 is 26.7 Å². The van der Waals surface area contributed by atoms with Crippen molar-refractivity contribution in [3.8, 4) is 0 Å². The molecule has 21 heavy (non-hydrogen) atoms. The molecule has 3 aromatic carbocycles. The van der Waals surface area contributed by atoms with Gasteiger partial charge in [-0.15, -0.1) is 0 Å². The topological polar surface area (TPSA) is 12.0 Å². The number of benzene rings is 3. The molecule has 106 valence electrons. The van der Waals surface area contributed by atoms with Gasteiger partial charge in [-0.25, -0.2) is 0 Å². The summed E-state index contributed by atoms with van der Waals surface area (Å²) in [6, 6.07) is 21.9. The zero-order valence-corrected chi connectivity index (χ0v) is 13.8. The first-order valence-corrected chi connectivity index (χ1v) is 7.90. The lowest BCUT2D eigenvalue weighted by Gasteiger charge is -2.19. The normalized spacial score (nSPS) is 12.5. The van der Waals surface area contributed by atoms with Gasteiger partial charge in [0, 0.05) is 4.47 Å². The van der Waals surface area contributed by atoms with Crippen molar-refractivity contribution in [2.24, 2.45) is 0 Å². The van der Waals surface area contributed by atoms with Crippen LogP contribution in [0.2, 0.25) is 0 Å². The number of halogens is 1. The van der Waals surface area contributed by atoms with Crippen LogP contribution in [0.15, 0.2) is 65.1 Å². The maximum Gasteiger partial charge on any atom is 0.0575 e. The summed E-state index contributed by atoms with van der Waals surface area (Å²) in [5.74, 6) is 0. The number of aryl methyl sites for hydroxylation is 1. The molecule has 0 heterocycles. The van der Waals surface area contributed by atoms with E-state index in [1.54, 1.807) is 0 Å². The Kier molecular flexibility index (Phi) is 4.09. The molecule has 3 aromatic rings. The van der Waals surface area contributed by atoms with Gasteiger partial charge in [-0.05, 0) is 59.6 Å². The molecule has 1 nitrogen and oxygen atoms in total. The smallest absolute Gasteiger partial charge is 0.0575 e. The largest absolute Gasteiger partial charge is 0.309 e. The lowest BCUT2D eigenvalue weighted by molar-refractivity contribution is 0.692. The minimum absolute atomic E-state index is 0.200. The van der Waals surface area contributed by atoms with Crippen LogP contribution in [-0.4, -0.2) is 7.05 Å². The number of hydrogen-bond donors (Lipinski definition) is 1. The monoisotopic (exact) mass is 339 g/mol. The van der Waals surface area contributed by atoms with Crippen molar-refractivity contribution in [2.75, 3.05) is 7.05 Å². The fourth-order valence-corrected chi connectivity index (χ4v) is 3.47. The third-order valence-electron chi connectivity index (χ3n) is 3.79. The van der Waals surface area contributed by atoms with Crippen LogP contribution in [0, 0.1) is 6.92 Å². The Bertz CT molecular complexity index is 759. The molecule has 0 spiro atoms. The van der Waals surface area contributed by atoms with E-state index in [0.29, 0.717) is 0 Å². The highest BCUT2D eigenvalue weighted by molar-refractivity contribution is 9.10. The lowest BCUT2D eigenvalue weighted by Crippen LogP contribution is -2.17. The summed E-state index contributed by atoms with van der Waals surface area (Å²) in [6.07, 6.45) is 0. The Balaban J connectivity index is 2.08. The first-order valence-electron chi connectivity index (χ1n) is 7.10. The molecule has 0 radical (unpaired) electrons. The summed E-state index contributed by atoms with van der Waals surface area (Å²) in [5, 5.41) is 5.99. The summed E-state index contributed by atoms with van der Waals surface area (Å²) >= 11 is 3.60. The van der Waals surface area contributed by atoms with Crippen LogP contribution in [0.25, 0.3) is 10.8 Å². The zero-order valence-electron chi connectivity index (χ0n) is 12.2. The van der Waals surface area contributed by atoms with Gasteiger partial charge in [-0.3, -0.25) is 0 Å². The van der Waals surface area contributed by atoms with Gasteiger partial charge in [0.25, 0.3) is 0 Å². The third-order valence-corrected chi connectivity index (χ3v) is 4.25. The van der Waals surface area contributed by atoms with Gasteiger partial charge in [0.1, 0.15) is 0 Å². The molecule has 0 aromatic heterocycles. The van der Waals surface area contributed by atoms with Crippen LogP contribution in [0.1, 0.15) is 22.7 Å². The number of nitrogens with one attached hydrogen (secondary N) is 1. The van der Waals surface area contributed by atoms with E-state index in [4.69, 9.17) is 0 Å². The number of fused-ring (bicyclic) bond motifs is 1. The van der Waals surface area contributed by atoms with Gasteiger partial charge < -0.3 is 5.32 Å². The average Bonchev–Trinajstić information content (AvgIpc) is 2.47. The average molecular weight is 340 g/mol. The molecule has 1 N–H and O–H groups in total. The van der Waals surface area contributed by atoms with Crippen molar-refractivity contribution in [1.82, 2.24) is 5.32 Å². The highest BCUT2D eigenvalue weighted by Crippen LogP contribution is 2.28. The van der Waals surface area contributed by atoms with Gasteiger partial charge in [-0.2, -0.15) is 0 Å². The summed E-state index contributed by atoms with van der Waals surface area (Å²) in [6.45, 7) is 2.13. The van der Waals surface area contributed by atoms with E-state index in [-0.39, 0.29) is 6.04 Å². The van der Waals surface area contributed by atoms with Crippen molar-refractivity contribution in [3.05, 3.63) is 81.8 Å². The van der Waals surface area contributed by atoms with Crippen LogP contribution in [-0.2, 0) is 0 Å². The molecule has 0 fully saturated rings. The SMILES string of the molecule is CNC(c1cc(C)cc(Br)c1)c1ccc2ccccc2c1. The summed E-state index contributed by atoms with van der Waals surface area (Å²) in [7, 11) is 2.01. The second-order valence-corrected chi connectivity index (χ2v) is 6.31. The first kappa shape index (κ1) is 14.3. The Morgan fingerprint density at radius 3 is 2.33 bits per heavy atom. The van der Waals surface area contributed by atoms with Gasteiger partial charge in [0.15, 0.2) is 0 Å². The van der Waals surface area contributed by atoms with Crippen LogP contribution < -0.4 is 5.32 Å². The Morgan fingerprint density at radius 1 is 0.857 bits per heavy atom. The van der Waals surface area contributed by atoms with E-state index in [0.717, 1.165) is 4.47 Å². The first-order chi connectivity index (χ1) is 10.2. The fourth-order valence-electron chi connectivity index (χ4n) is 2.84. The van der Waals surface area contributed by atoms with Crippen molar-refractivity contribution < 1.29 is 0 Å². The van der Waals surface area contributed by atoms with Gasteiger partial charge in [-0.1, -0.05) is 58.4 Å². The molecule has 0 saturated carbocycles. The molecular formula is C19H18BrN. The van der Waals surface area contributed by atoms with Gasteiger partial charge in [0.2, 0.25) is 0 Å². The quantitative estimate of drug-likeness (QED) is 0.689. The van der Waals surface area contributed by atoms with Crippen LogP contribution >= 0.6 is 15.9 Å². The van der Waals surface area contributed by atoms with Crippen molar-refractivity contribution in [2.45, 2.75) is 13.0 Å². The predicted octanol–water partition coefficient (Wildman–Crippen LogP) is 5.22. The van der Waals surface area contributed by atoms with Crippen LogP contribution in [0.4, 0.5) is 0 Å². The van der Waals surface area contributed by atoms with Gasteiger partial charge >= 0.3 is 0 Å². The van der Waals surface area contributed by atoms with Crippen LogP contribution in [0.5, 0.6) is 0 Å². The Labute approximate surface area is 134 Å². The minimum Gasteiger partial charge on any atom is -0.309 e. The fraction of sp³-hybridized carbons (Fsp3) is 0.158. The zero-order chi connectivity index (χ0) is 14.8. The molecule has 0 aliphatic rings. The highest BCUT2D eigenvalue weighted by Gasteiger charge is 2.13. The summed E-state index contributed by atoms with van der Waals surface area (Å²) in [5.41, 5.74) is 3.83. The van der Waals surface area contributed by atoms with Crippen molar-refractivity contribution in [3.63, 3.8) is 0 Å². The van der Waals surface area contributed by atoms with E-state index in [9.17, 15) is 0 Å². The molecule has 0 amide bonds. The summed E-state index contributed by atoms with van der Waals surface area (Å²) < 4.78 is 1.12. The van der Waals surface area contributed by atoms with Crippen LogP contribution in [0.3, 0.4) is 0 Å². The predicted molar refractivity (Wildman–Crippen MR) is 93.7 cm³/mol. The second-order valence-electron chi connectivity index (χ2n) is 5.39.